The summed E-state index contributed by atoms with van der Waals surface area (Å²) < 4.78 is 5.21. The summed E-state index contributed by atoms with van der Waals surface area (Å²) in [4.78, 5) is 24.3. The van der Waals surface area contributed by atoms with Crippen LogP contribution in [0, 0.1) is 17.0 Å². The number of amides is 1. The van der Waals surface area contributed by atoms with Crippen LogP contribution in [0.25, 0.3) is 0 Å². The van der Waals surface area contributed by atoms with Crippen LogP contribution in [0.3, 0.4) is 0 Å². The second kappa shape index (κ2) is 6.59. The molecule has 0 spiro atoms. The van der Waals surface area contributed by atoms with E-state index in [1.807, 2.05) is 4.90 Å². The van der Waals surface area contributed by atoms with Crippen LogP contribution in [-0.4, -0.2) is 47.1 Å². The Morgan fingerprint density at radius 3 is 2.71 bits per heavy atom. The first-order valence-corrected chi connectivity index (χ1v) is 6.83. The number of carbonyl (C=O) groups is 1. The van der Waals surface area contributed by atoms with E-state index in [9.17, 15) is 14.9 Å². The van der Waals surface area contributed by atoms with Gasteiger partial charge in [-0.05, 0) is 25.2 Å². The molecule has 1 N–H and O–H groups in total. The zero-order chi connectivity index (χ0) is 15.4. The molecule has 1 aliphatic heterocycles. The molecule has 1 heterocycles. The van der Waals surface area contributed by atoms with Crippen molar-refractivity contribution < 1.29 is 14.5 Å². The van der Waals surface area contributed by atoms with Crippen LogP contribution in [0.5, 0.6) is 0 Å². The summed E-state index contributed by atoms with van der Waals surface area (Å²) in [5, 5.41) is 13.8. The summed E-state index contributed by atoms with van der Waals surface area (Å²) in [6, 6.07) is 4.34. The first-order valence-electron chi connectivity index (χ1n) is 6.42. The summed E-state index contributed by atoms with van der Waals surface area (Å²) >= 11 is 5.16. The fourth-order valence-electron chi connectivity index (χ4n) is 1.96. The molecule has 112 valence electrons. The van der Waals surface area contributed by atoms with Gasteiger partial charge in [-0.25, -0.2) is 0 Å². The maximum Gasteiger partial charge on any atom is 0.273 e. The molecule has 7 nitrogen and oxygen atoms in total. The first kappa shape index (κ1) is 15.3. The third kappa shape index (κ3) is 3.73. The predicted molar refractivity (Wildman–Crippen MR) is 80.3 cm³/mol. The van der Waals surface area contributed by atoms with Gasteiger partial charge in [0.05, 0.1) is 18.1 Å². The number of hydrogen-bond acceptors (Lipinski definition) is 5. The summed E-state index contributed by atoms with van der Waals surface area (Å²) in [5.74, 6) is -0.449. The molecular formula is C13H15N3O4S. The lowest BCUT2D eigenvalue weighted by Gasteiger charge is -2.28. The molecule has 0 radical (unpaired) electrons. The fraction of sp³-hybridized carbons (Fsp3) is 0.385. The van der Waals surface area contributed by atoms with E-state index in [2.05, 4.69) is 5.32 Å². The zero-order valence-electron chi connectivity index (χ0n) is 11.5. The van der Waals surface area contributed by atoms with Crippen molar-refractivity contribution in [3.05, 3.63) is 39.4 Å². The number of nitrogens with zero attached hydrogens (tertiary/aromatic N) is 2. The monoisotopic (exact) mass is 309 g/mol. The number of ether oxygens (including phenoxy) is 1. The van der Waals surface area contributed by atoms with Gasteiger partial charge in [0.1, 0.15) is 0 Å². The lowest BCUT2D eigenvalue weighted by Crippen LogP contribution is -2.47. The number of morpholine rings is 1. The standard InChI is InChI=1S/C13H15N3O4S/c1-9-2-3-10(8-11(9)16(18)19)12(17)14-13(21)15-4-6-20-7-5-15/h2-3,8H,4-7H2,1H3,(H,14,17,21). The van der Waals surface area contributed by atoms with Crippen molar-refractivity contribution in [3.8, 4) is 0 Å². The van der Waals surface area contributed by atoms with Crippen LogP contribution in [0.4, 0.5) is 5.69 Å². The molecule has 0 atom stereocenters. The molecule has 1 fully saturated rings. The van der Waals surface area contributed by atoms with E-state index in [0.717, 1.165) is 0 Å². The molecule has 1 saturated heterocycles. The Morgan fingerprint density at radius 1 is 1.43 bits per heavy atom. The van der Waals surface area contributed by atoms with Gasteiger partial charge >= 0.3 is 0 Å². The van der Waals surface area contributed by atoms with Gasteiger partial charge < -0.3 is 9.64 Å². The van der Waals surface area contributed by atoms with Gasteiger partial charge in [0, 0.05) is 30.3 Å². The molecule has 0 aromatic heterocycles. The van der Waals surface area contributed by atoms with Gasteiger partial charge in [0.15, 0.2) is 5.11 Å². The van der Waals surface area contributed by atoms with Crippen LogP contribution in [-0.2, 0) is 4.74 Å². The number of aryl methyl sites for hydroxylation is 1. The van der Waals surface area contributed by atoms with E-state index in [4.69, 9.17) is 17.0 Å². The number of thiocarbonyl (C=S) groups is 1. The number of benzene rings is 1. The highest BCUT2D eigenvalue weighted by atomic mass is 32.1. The van der Waals surface area contributed by atoms with Gasteiger partial charge in [0.2, 0.25) is 0 Å². The highest BCUT2D eigenvalue weighted by Crippen LogP contribution is 2.19. The van der Waals surface area contributed by atoms with Gasteiger partial charge in [-0.1, -0.05) is 6.07 Å². The zero-order valence-corrected chi connectivity index (χ0v) is 12.3. The summed E-state index contributed by atoms with van der Waals surface area (Å²) in [6.45, 7) is 3.98. The molecular weight excluding hydrogens is 294 g/mol. The molecule has 2 rings (SSSR count). The quantitative estimate of drug-likeness (QED) is 0.503. The van der Waals surface area contributed by atoms with Crippen LogP contribution in [0.1, 0.15) is 15.9 Å². The van der Waals surface area contributed by atoms with Gasteiger partial charge in [0.25, 0.3) is 11.6 Å². The number of rotatable bonds is 2. The Bertz CT molecular complexity index is 585. The van der Waals surface area contributed by atoms with Crippen molar-refractivity contribution in [2.75, 3.05) is 26.3 Å². The van der Waals surface area contributed by atoms with Crippen LogP contribution < -0.4 is 5.32 Å². The average molecular weight is 309 g/mol. The largest absolute Gasteiger partial charge is 0.378 e. The summed E-state index contributed by atoms with van der Waals surface area (Å²) in [6.07, 6.45) is 0. The number of nitrogens with one attached hydrogen (secondary N) is 1. The van der Waals surface area contributed by atoms with Crippen LogP contribution in [0.2, 0.25) is 0 Å². The maximum atomic E-state index is 12.1. The third-order valence-corrected chi connectivity index (χ3v) is 3.55. The van der Waals surface area contributed by atoms with Crippen molar-refractivity contribution >= 4 is 28.9 Å². The van der Waals surface area contributed by atoms with E-state index in [1.54, 1.807) is 19.1 Å². The molecule has 0 bridgehead atoms. The van der Waals surface area contributed by atoms with Crippen molar-refractivity contribution in [3.63, 3.8) is 0 Å². The lowest BCUT2D eigenvalue weighted by molar-refractivity contribution is -0.385. The van der Waals surface area contributed by atoms with Crippen LogP contribution in [0.15, 0.2) is 18.2 Å². The molecule has 21 heavy (non-hydrogen) atoms. The first-order chi connectivity index (χ1) is 9.99. The van der Waals surface area contributed by atoms with E-state index in [0.29, 0.717) is 37.0 Å². The summed E-state index contributed by atoms with van der Waals surface area (Å²) in [5.41, 5.74) is 0.634. The number of nitro benzene ring substituents is 1. The van der Waals surface area contributed by atoms with Gasteiger partial charge in [-0.15, -0.1) is 0 Å². The van der Waals surface area contributed by atoms with Crippen molar-refractivity contribution in [1.82, 2.24) is 10.2 Å². The van der Waals surface area contributed by atoms with Crippen LogP contribution >= 0.6 is 12.2 Å². The molecule has 1 aromatic carbocycles. The van der Waals surface area contributed by atoms with Gasteiger partial charge in [-0.2, -0.15) is 0 Å². The second-order valence-electron chi connectivity index (χ2n) is 4.62. The topological polar surface area (TPSA) is 84.7 Å². The predicted octanol–water partition coefficient (Wildman–Crippen LogP) is 1.25. The Morgan fingerprint density at radius 2 is 2.10 bits per heavy atom. The smallest absolute Gasteiger partial charge is 0.273 e. The number of carbonyl (C=O) groups excluding carboxylic acids is 1. The summed E-state index contributed by atoms with van der Waals surface area (Å²) in [7, 11) is 0. The Labute approximate surface area is 127 Å². The average Bonchev–Trinajstić information content (AvgIpc) is 2.48. The highest BCUT2D eigenvalue weighted by Gasteiger charge is 2.19. The Hall–Kier alpha value is -2.06. The van der Waals surface area contributed by atoms with E-state index < -0.39 is 10.8 Å². The molecule has 1 aromatic rings. The molecule has 0 saturated carbocycles. The number of hydrogen-bond donors (Lipinski definition) is 1. The molecule has 0 unspecified atom stereocenters. The minimum Gasteiger partial charge on any atom is -0.378 e. The minimum absolute atomic E-state index is 0.0834. The second-order valence-corrected chi connectivity index (χ2v) is 5.00. The fourth-order valence-corrected chi connectivity index (χ4v) is 2.24. The molecule has 1 amide bonds. The van der Waals surface area contributed by atoms with E-state index >= 15 is 0 Å². The lowest BCUT2D eigenvalue weighted by atomic mass is 10.1. The van der Waals surface area contributed by atoms with Crippen molar-refractivity contribution in [2.24, 2.45) is 0 Å². The minimum atomic E-state index is -0.508. The Balaban J connectivity index is 2.07. The molecule has 8 heteroatoms. The Kier molecular flexibility index (Phi) is 4.81. The van der Waals surface area contributed by atoms with E-state index in [-0.39, 0.29) is 11.3 Å². The maximum absolute atomic E-state index is 12.1. The van der Waals surface area contributed by atoms with E-state index in [1.165, 1.54) is 6.07 Å². The third-order valence-electron chi connectivity index (χ3n) is 3.19. The SMILES string of the molecule is Cc1ccc(C(=O)NC(=S)N2CCOCC2)cc1[N+](=O)[O-]. The number of nitro groups is 1. The van der Waals surface area contributed by atoms with Crippen molar-refractivity contribution in [2.45, 2.75) is 6.92 Å². The molecule has 1 aliphatic rings. The van der Waals surface area contributed by atoms with Gasteiger partial charge in [-0.3, -0.25) is 20.2 Å². The molecule has 0 aliphatic carbocycles. The highest BCUT2D eigenvalue weighted by molar-refractivity contribution is 7.80. The normalized spacial score (nSPS) is 14.6. The van der Waals surface area contributed by atoms with Crippen molar-refractivity contribution in [1.29, 1.82) is 0 Å².